The van der Waals surface area contributed by atoms with Crippen molar-refractivity contribution >= 4 is 79.7 Å². The van der Waals surface area contributed by atoms with Crippen molar-refractivity contribution in [3.05, 3.63) is 159 Å². The third-order valence-corrected chi connectivity index (χ3v) is 19.3. The van der Waals surface area contributed by atoms with Crippen molar-refractivity contribution in [2.24, 2.45) is 11.8 Å². The molecule has 0 heterocycles. The molecule has 1 unspecified atom stereocenters. The molecular weight excluding hydrogens is 1460 g/mol. The first-order valence-corrected chi connectivity index (χ1v) is 40.6. The van der Waals surface area contributed by atoms with Crippen molar-refractivity contribution in [1.82, 2.24) is 0 Å². The zero-order chi connectivity index (χ0) is 77.6. The van der Waals surface area contributed by atoms with Crippen LogP contribution in [0.3, 0.4) is 0 Å². The van der Waals surface area contributed by atoms with Crippen LogP contribution in [0.4, 0.5) is 11.4 Å². The Morgan fingerprint density at radius 1 is 0.427 bits per heavy atom. The summed E-state index contributed by atoms with van der Waals surface area (Å²) in [4.78, 5) is 57.6. The van der Waals surface area contributed by atoms with E-state index in [0.29, 0.717) is 56.0 Å². The van der Waals surface area contributed by atoms with E-state index >= 15 is 0 Å². The molecule has 1 atom stereocenters. The summed E-state index contributed by atoms with van der Waals surface area (Å²) in [5.41, 5.74) is 20.0. The molecule has 576 valence electrons. The van der Waals surface area contributed by atoms with Crippen molar-refractivity contribution in [2.75, 3.05) is 10.6 Å². The highest BCUT2D eigenvalue weighted by molar-refractivity contribution is 14.1. The third kappa shape index (κ3) is 40.0. The van der Waals surface area contributed by atoms with Crippen LogP contribution < -0.4 is 10.6 Å². The van der Waals surface area contributed by atoms with Crippen LogP contribution in [0.15, 0.2) is 83.3 Å². The lowest BCUT2D eigenvalue weighted by molar-refractivity contribution is -0.148. The smallest absolute Gasteiger partial charge is 0.306 e. The van der Waals surface area contributed by atoms with E-state index in [0.717, 1.165) is 86.9 Å². The normalized spacial score (nSPS) is 12.5. The number of unbranched alkanes of at least 4 members (excludes halogenated alkanes) is 1. The lowest BCUT2D eigenvalue weighted by Crippen LogP contribution is -2.19. The highest BCUT2D eigenvalue weighted by atomic mass is 127. The summed E-state index contributed by atoms with van der Waals surface area (Å²) in [6, 6.07) is 29.6. The van der Waals surface area contributed by atoms with Gasteiger partial charge in [0.1, 0.15) is 0 Å². The zero-order valence-electron chi connectivity index (χ0n) is 68.1. The second kappa shape index (κ2) is 49.9. The van der Waals surface area contributed by atoms with Gasteiger partial charge in [0.15, 0.2) is 0 Å². The quantitative estimate of drug-likeness (QED) is 0.0178. The Hall–Kier alpha value is -5.74. The molecule has 6 rings (SSSR count). The van der Waals surface area contributed by atoms with Crippen LogP contribution in [0.5, 0.6) is 0 Å². The molecule has 2 N–H and O–H groups in total. The molecule has 1 aliphatic rings. The van der Waals surface area contributed by atoms with Crippen molar-refractivity contribution < 1.29 is 47.7 Å². The summed E-state index contributed by atoms with van der Waals surface area (Å²) in [5, 5.41) is 7.05. The van der Waals surface area contributed by atoms with Gasteiger partial charge in [0.05, 0.1) is 30.5 Å². The molecule has 0 fully saturated rings. The minimum absolute atomic E-state index is 0.00999. The van der Waals surface area contributed by atoms with E-state index < -0.39 is 0 Å². The number of rotatable bonds is 33. The van der Waals surface area contributed by atoms with Gasteiger partial charge in [-0.15, -0.1) is 0 Å². The van der Waals surface area contributed by atoms with E-state index in [1.807, 2.05) is 69.2 Å². The molecule has 0 bridgehead atoms. The van der Waals surface area contributed by atoms with Gasteiger partial charge in [-0.05, 0) is 351 Å². The Morgan fingerprint density at radius 3 is 1.29 bits per heavy atom. The summed E-state index contributed by atoms with van der Waals surface area (Å²) in [6.07, 6.45) is 16.2. The summed E-state index contributed by atoms with van der Waals surface area (Å²) < 4.78 is 28.2. The summed E-state index contributed by atoms with van der Waals surface area (Å²) in [7, 11) is 0. The van der Waals surface area contributed by atoms with Crippen molar-refractivity contribution in [1.29, 1.82) is 0 Å². The Balaban J connectivity index is 0.000000438. The monoisotopic (exact) mass is 1600 g/mol. The molecule has 5 aromatic rings. The van der Waals surface area contributed by atoms with Crippen LogP contribution in [0, 0.1) is 43.1 Å². The van der Waals surface area contributed by atoms with Crippen LogP contribution in [-0.4, -0.2) is 72.5 Å². The average Bonchev–Trinajstić information content (AvgIpc) is 0.847. The predicted molar refractivity (Wildman–Crippen MR) is 443 cm³/mol. The number of benzene rings is 5. The van der Waals surface area contributed by atoms with Gasteiger partial charge in [0, 0.05) is 63.6 Å². The minimum atomic E-state index is -0.104. The van der Waals surface area contributed by atoms with E-state index in [4.69, 9.17) is 23.7 Å². The number of esters is 5. The number of aryl methyl sites for hydroxylation is 8. The van der Waals surface area contributed by atoms with E-state index in [1.54, 1.807) is 0 Å². The van der Waals surface area contributed by atoms with Gasteiger partial charge in [-0.25, -0.2) is 0 Å². The molecule has 0 radical (unpaired) electrons. The molecule has 1 aliphatic carbocycles. The number of nitrogens with one attached hydrogen (secondary N) is 2. The Bertz CT molecular complexity index is 3260. The molecule has 0 spiro atoms. The van der Waals surface area contributed by atoms with Crippen molar-refractivity contribution in [2.45, 2.75) is 343 Å². The Morgan fingerprint density at radius 2 is 0.845 bits per heavy atom. The number of carbonyl (C=O) groups excluding carboxylic acids is 5. The molecule has 0 saturated carbocycles. The summed E-state index contributed by atoms with van der Waals surface area (Å²) >= 11 is 5.96. The standard InChI is InChI=1S/C20H30O2.C19H31NO2.C18H29NO2.C16H23BrO2.C16H23IO2/c1-14(2)18-11-10-17-9-8-16(12-19(17)13-18)6-5-7-20(21)22-15(3)4;1-13(2)20-18-12-17(11-15(5)16(18)6)9-7-8-10-19(21)22-14(3)4;1-12(2)19-18-15(6)14(5)10-11-16(18)8-7-9-17(20)21-13(3)4;2*1-11(2)14-10-13(8-9-15(14)17)6-5-7-16(18)19-12(3)4/h8-9,12,14-15,18H,5-7,10-11,13H2,1-4H3;11-14,20H,7-10H2,1-6H3;10-13,19H,7-9H2,1-6H3;2*8-12H,5-7H2,1-4H3. The zero-order valence-corrected chi connectivity index (χ0v) is 71.9. The van der Waals surface area contributed by atoms with E-state index in [-0.39, 0.29) is 60.4 Å². The van der Waals surface area contributed by atoms with Crippen LogP contribution in [0.1, 0.15) is 300 Å². The molecule has 5 aromatic carbocycles. The maximum absolute atomic E-state index is 11.6. The topological polar surface area (TPSA) is 156 Å². The molecule has 0 amide bonds. The van der Waals surface area contributed by atoms with E-state index in [2.05, 4.69) is 225 Å². The molecule has 14 heteroatoms. The van der Waals surface area contributed by atoms with Gasteiger partial charge >= 0.3 is 29.8 Å². The summed E-state index contributed by atoms with van der Waals surface area (Å²) in [6.45, 7) is 49.5. The molecule has 0 saturated heterocycles. The fourth-order valence-corrected chi connectivity index (χ4v) is 13.7. The van der Waals surface area contributed by atoms with Crippen molar-refractivity contribution in [3.8, 4) is 0 Å². The maximum Gasteiger partial charge on any atom is 0.306 e. The van der Waals surface area contributed by atoms with Crippen LogP contribution in [0.25, 0.3) is 0 Å². The van der Waals surface area contributed by atoms with Gasteiger partial charge in [-0.3, -0.25) is 24.0 Å². The predicted octanol–water partition coefficient (Wildman–Crippen LogP) is 23.4. The summed E-state index contributed by atoms with van der Waals surface area (Å²) in [5.74, 6) is 2.17. The first kappa shape index (κ1) is 93.3. The van der Waals surface area contributed by atoms with Gasteiger partial charge in [0.25, 0.3) is 0 Å². The molecule has 0 aromatic heterocycles. The first-order valence-electron chi connectivity index (χ1n) is 38.7. The second-order valence-corrected chi connectivity index (χ2v) is 32.9. The van der Waals surface area contributed by atoms with Gasteiger partial charge in [-0.1, -0.05) is 118 Å². The highest BCUT2D eigenvalue weighted by Crippen LogP contribution is 2.33. The van der Waals surface area contributed by atoms with Gasteiger partial charge in [0.2, 0.25) is 0 Å². The Kier molecular flexibility index (Phi) is 45.3. The number of halogens is 2. The third-order valence-electron chi connectivity index (χ3n) is 17.6. The van der Waals surface area contributed by atoms with Crippen LogP contribution in [0.2, 0.25) is 0 Å². The molecule has 103 heavy (non-hydrogen) atoms. The van der Waals surface area contributed by atoms with E-state index in [9.17, 15) is 24.0 Å². The lowest BCUT2D eigenvalue weighted by Gasteiger charge is -2.28. The minimum Gasteiger partial charge on any atom is -0.463 e. The number of carbonyl (C=O) groups is 5. The molecule has 0 aliphatic heterocycles. The average molecular weight is 1600 g/mol. The van der Waals surface area contributed by atoms with Crippen LogP contribution in [-0.2, 0) is 92.6 Å². The second-order valence-electron chi connectivity index (χ2n) is 30.9. The largest absolute Gasteiger partial charge is 0.463 e. The van der Waals surface area contributed by atoms with Crippen molar-refractivity contribution in [3.63, 3.8) is 0 Å². The highest BCUT2D eigenvalue weighted by Gasteiger charge is 2.22. The fraction of sp³-hybridized carbons (Fsp3) is 0.607. The number of fused-ring (bicyclic) bond motifs is 1. The molecule has 12 nitrogen and oxygen atoms in total. The number of hydrogen-bond acceptors (Lipinski definition) is 12. The first-order chi connectivity index (χ1) is 48.3. The SMILES string of the molecule is CC(C)OC(=O)CCCc1ccc(Br)c(C(C)C)c1.CC(C)OC(=O)CCCc1ccc(I)c(C(C)C)c1.CC(C)OC(=O)CCCc1ccc2c(c1)CC(C(C)C)CC2.Cc1cc(CCCCC(=O)OC(C)C)cc(NC(C)C)c1C.Cc1ccc(CCCC(=O)OC(C)C)c(NC(C)C)c1C. The number of hydrogen-bond donors (Lipinski definition) is 2. The van der Waals surface area contributed by atoms with Gasteiger partial charge in [-0.2, -0.15) is 0 Å². The maximum atomic E-state index is 11.6. The molecular formula is C89H136BrIN2O10. The van der Waals surface area contributed by atoms with E-state index in [1.165, 1.54) is 107 Å². The van der Waals surface area contributed by atoms with Crippen LogP contribution >= 0.6 is 38.5 Å². The van der Waals surface area contributed by atoms with Gasteiger partial charge < -0.3 is 34.3 Å². The lowest BCUT2D eigenvalue weighted by atomic mass is 9.78. The fourth-order valence-electron chi connectivity index (χ4n) is 12.0. The number of ether oxygens (including phenoxy) is 5. The number of anilines is 2. The Labute approximate surface area is 647 Å².